The number of rotatable bonds is 7. The van der Waals surface area contributed by atoms with Crippen LogP contribution in [-0.4, -0.2) is 44.7 Å². The number of methoxy groups -OCH3 is 2. The summed E-state index contributed by atoms with van der Waals surface area (Å²) in [5.74, 6) is -0.235. The molecule has 2 aromatic rings. The van der Waals surface area contributed by atoms with Crippen LogP contribution >= 0.6 is 0 Å². The van der Waals surface area contributed by atoms with Gasteiger partial charge in [-0.15, -0.1) is 0 Å². The predicted octanol–water partition coefficient (Wildman–Crippen LogP) is 2.52. The zero-order valence-electron chi connectivity index (χ0n) is 14.5. The highest BCUT2D eigenvalue weighted by Gasteiger charge is 2.19. The van der Waals surface area contributed by atoms with Gasteiger partial charge in [0.05, 0.1) is 14.2 Å². The molecule has 0 saturated heterocycles. The Morgan fingerprint density at radius 2 is 1.68 bits per heavy atom. The lowest BCUT2D eigenvalue weighted by Crippen LogP contribution is -2.30. The van der Waals surface area contributed by atoms with Gasteiger partial charge in [0.1, 0.15) is 5.56 Å². The second-order valence-corrected chi connectivity index (χ2v) is 5.35. The van der Waals surface area contributed by atoms with Crippen molar-refractivity contribution in [3.8, 4) is 11.5 Å². The summed E-state index contributed by atoms with van der Waals surface area (Å²) in [7, 11) is 4.58. The number of carbonyl (C=O) groups excluding carboxylic acids is 2. The summed E-state index contributed by atoms with van der Waals surface area (Å²) in [5.41, 5.74) is 1.21. The predicted molar refractivity (Wildman–Crippen MR) is 92.7 cm³/mol. The maximum absolute atomic E-state index is 12.2. The molecule has 0 atom stereocenters. The van der Waals surface area contributed by atoms with Gasteiger partial charge >= 0.3 is 5.97 Å². The molecule has 0 aliphatic rings. The first kappa shape index (κ1) is 18.3. The van der Waals surface area contributed by atoms with E-state index in [4.69, 9.17) is 14.2 Å². The minimum Gasteiger partial charge on any atom is -0.493 e. The van der Waals surface area contributed by atoms with Crippen molar-refractivity contribution in [2.24, 2.45) is 0 Å². The van der Waals surface area contributed by atoms with Crippen LogP contribution in [0.3, 0.4) is 0 Å². The molecule has 6 heteroatoms. The van der Waals surface area contributed by atoms with E-state index in [0.717, 1.165) is 5.56 Å². The van der Waals surface area contributed by atoms with E-state index in [9.17, 15) is 9.59 Å². The molecule has 0 unspecified atom stereocenters. The van der Waals surface area contributed by atoms with E-state index in [1.54, 1.807) is 25.2 Å². The Hall–Kier alpha value is -3.02. The first-order valence-electron chi connectivity index (χ1n) is 7.72. The Morgan fingerprint density at radius 1 is 0.960 bits per heavy atom. The monoisotopic (exact) mass is 343 g/mol. The first-order chi connectivity index (χ1) is 12.1. The molecule has 0 saturated carbocycles. The molecule has 0 aliphatic heterocycles. The van der Waals surface area contributed by atoms with E-state index in [2.05, 4.69) is 0 Å². The van der Waals surface area contributed by atoms with Crippen molar-refractivity contribution < 1.29 is 23.8 Å². The largest absolute Gasteiger partial charge is 0.493 e. The van der Waals surface area contributed by atoms with E-state index < -0.39 is 5.97 Å². The molecule has 1 amide bonds. The fourth-order valence-electron chi connectivity index (χ4n) is 2.31. The smallest absolute Gasteiger partial charge is 0.342 e. The van der Waals surface area contributed by atoms with Gasteiger partial charge in [-0.3, -0.25) is 4.79 Å². The van der Waals surface area contributed by atoms with Crippen molar-refractivity contribution in [2.75, 3.05) is 27.9 Å². The Labute approximate surface area is 146 Å². The summed E-state index contributed by atoms with van der Waals surface area (Å²) < 4.78 is 15.5. The molecule has 6 nitrogen and oxygen atoms in total. The van der Waals surface area contributed by atoms with Crippen LogP contribution in [0, 0.1) is 0 Å². The average Bonchev–Trinajstić information content (AvgIpc) is 2.65. The summed E-state index contributed by atoms with van der Waals surface area (Å²) in [5, 5.41) is 0. The maximum Gasteiger partial charge on any atom is 0.342 e. The number of ether oxygens (including phenoxy) is 3. The van der Waals surface area contributed by atoms with Crippen LogP contribution in [0.5, 0.6) is 11.5 Å². The fourth-order valence-corrected chi connectivity index (χ4v) is 2.31. The Kier molecular flexibility index (Phi) is 6.39. The molecule has 0 aliphatic carbocycles. The highest BCUT2D eigenvalue weighted by molar-refractivity contribution is 5.94. The van der Waals surface area contributed by atoms with Gasteiger partial charge in [-0.2, -0.15) is 0 Å². The van der Waals surface area contributed by atoms with Gasteiger partial charge in [0.15, 0.2) is 18.1 Å². The van der Waals surface area contributed by atoms with Crippen LogP contribution in [0.25, 0.3) is 0 Å². The Balaban J connectivity index is 1.96. The zero-order valence-corrected chi connectivity index (χ0v) is 14.5. The number of para-hydroxylation sites is 1. The maximum atomic E-state index is 12.2. The Bertz CT molecular complexity index is 730. The molecule has 0 aromatic heterocycles. The minimum absolute atomic E-state index is 0.209. The SMILES string of the molecule is COc1cccc(C(=O)OCC(=O)N(C)Cc2ccccc2)c1OC. The molecule has 0 N–H and O–H groups in total. The van der Waals surface area contributed by atoms with Gasteiger partial charge in [0.25, 0.3) is 5.91 Å². The van der Waals surface area contributed by atoms with Crippen LogP contribution in [0.1, 0.15) is 15.9 Å². The lowest BCUT2D eigenvalue weighted by Gasteiger charge is -2.17. The summed E-state index contributed by atoms with van der Waals surface area (Å²) in [6, 6.07) is 14.5. The summed E-state index contributed by atoms with van der Waals surface area (Å²) in [6.07, 6.45) is 0. The van der Waals surface area contributed by atoms with Crippen molar-refractivity contribution in [2.45, 2.75) is 6.54 Å². The number of esters is 1. The second kappa shape index (κ2) is 8.73. The molecule has 0 fully saturated rings. The van der Waals surface area contributed by atoms with Crippen molar-refractivity contribution in [1.29, 1.82) is 0 Å². The van der Waals surface area contributed by atoms with Crippen molar-refractivity contribution in [3.05, 3.63) is 59.7 Å². The van der Waals surface area contributed by atoms with E-state index in [1.165, 1.54) is 19.1 Å². The lowest BCUT2D eigenvalue weighted by atomic mass is 10.2. The molecule has 0 bridgehead atoms. The molecule has 132 valence electrons. The van der Waals surface area contributed by atoms with Gasteiger partial charge in [0, 0.05) is 13.6 Å². The number of nitrogens with zero attached hydrogens (tertiary/aromatic N) is 1. The third-order valence-electron chi connectivity index (χ3n) is 3.64. The number of likely N-dealkylation sites (N-methyl/N-ethyl adjacent to an activating group) is 1. The molecule has 0 heterocycles. The molecule has 2 aromatic carbocycles. The van der Waals surface area contributed by atoms with Crippen LogP contribution < -0.4 is 9.47 Å². The van der Waals surface area contributed by atoms with Crippen LogP contribution in [-0.2, 0) is 16.1 Å². The third-order valence-corrected chi connectivity index (χ3v) is 3.64. The van der Waals surface area contributed by atoms with Crippen molar-refractivity contribution in [3.63, 3.8) is 0 Å². The molecule has 2 rings (SSSR count). The minimum atomic E-state index is -0.641. The van der Waals surface area contributed by atoms with E-state index in [1.807, 2.05) is 30.3 Å². The van der Waals surface area contributed by atoms with E-state index in [0.29, 0.717) is 12.3 Å². The van der Waals surface area contributed by atoms with E-state index >= 15 is 0 Å². The first-order valence-corrected chi connectivity index (χ1v) is 7.72. The van der Waals surface area contributed by atoms with Gasteiger partial charge in [-0.25, -0.2) is 4.79 Å². The Morgan fingerprint density at radius 3 is 2.32 bits per heavy atom. The highest BCUT2D eigenvalue weighted by atomic mass is 16.5. The summed E-state index contributed by atoms with van der Waals surface area (Å²) in [6.45, 7) is 0.0994. The van der Waals surface area contributed by atoms with Crippen LogP contribution in [0.2, 0.25) is 0 Å². The van der Waals surface area contributed by atoms with Crippen LogP contribution in [0.15, 0.2) is 48.5 Å². The van der Waals surface area contributed by atoms with Gasteiger partial charge in [-0.05, 0) is 17.7 Å². The number of benzene rings is 2. The fraction of sp³-hybridized carbons (Fsp3) is 0.263. The van der Waals surface area contributed by atoms with E-state index in [-0.39, 0.29) is 23.8 Å². The second-order valence-electron chi connectivity index (χ2n) is 5.35. The topological polar surface area (TPSA) is 65.1 Å². The van der Waals surface area contributed by atoms with Gasteiger partial charge in [0.2, 0.25) is 0 Å². The molecule has 25 heavy (non-hydrogen) atoms. The van der Waals surface area contributed by atoms with Crippen molar-refractivity contribution in [1.82, 2.24) is 4.90 Å². The number of hydrogen-bond acceptors (Lipinski definition) is 5. The lowest BCUT2D eigenvalue weighted by molar-refractivity contribution is -0.133. The molecular weight excluding hydrogens is 322 g/mol. The average molecular weight is 343 g/mol. The van der Waals surface area contributed by atoms with Crippen molar-refractivity contribution >= 4 is 11.9 Å². The summed E-state index contributed by atoms with van der Waals surface area (Å²) in [4.78, 5) is 25.9. The number of hydrogen-bond donors (Lipinski definition) is 0. The molecule has 0 radical (unpaired) electrons. The van der Waals surface area contributed by atoms with Gasteiger partial charge in [-0.1, -0.05) is 36.4 Å². The quantitative estimate of drug-likeness (QED) is 0.723. The standard InChI is InChI=1S/C19H21NO5/c1-20(12-14-8-5-4-6-9-14)17(21)13-25-19(22)15-10-7-11-16(23-2)18(15)24-3/h4-11H,12-13H2,1-3H3. The third kappa shape index (κ3) is 4.73. The molecule has 0 spiro atoms. The molecular formula is C19H21NO5. The number of carbonyl (C=O) groups is 2. The number of amides is 1. The normalized spacial score (nSPS) is 10.0. The van der Waals surface area contributed by atoms with Crippen LogP contribution in [0.4, 0.5) is 0 Å². The van der Waals surface area contributed by atoms with Gasteiger partial charge < -0.3 is 19.1 Å². The highest BCUT2D eigenvalue weighted by Crippen LogP contribution is 2.31. The summed E-state index contributed by atoms with van der Waals surface area (Å²) >= 11 is 0. The zero-order chi connectivity index (χ0) is 18.2.